The number of carbonyl (C=O) groups excluding carboxylic acids is 2. The Kier molecular flexibility index (Phi) is 8.27. The molecule has 9 heteroatoms. The van der Waals surface area contributed by atoms with Gasteiger partial charge in [0.25, 0.3) is 5.91 Å². The van der Waals surface area contributed by atoms with Crippen molar-refractivity contribution < 1.29 is 19.1 Å². The Balaban J connectivity index is 1.43. The maximum absolute atomic E-state index is 12.9. The third-order valence-corrected chi connectivity index (χ3v) is 5.40. The van der Waals surface area contributed by atoms with Gasteiger partial charge in [-0.1, -0.05) is 54.6 Å². The first-order valence-electron chi connectivity index (χ1n) is 11.6. The predicted octanol–water partition coefficient (Wildman–Crippen LogP) is 3.95. The van der Waals surface area contributed by atoms with E-state index < -0.39 is 18.0 Å². The molecule has 0 saturated heterocycles. The van der Waals surface area contributed by atoms with Crippen LogP contribution in [-0.2, 0) is 22.6 Å². The van der Waals surface area contributed by atoms with Gasteiger partial charge in [0.05, 0.1) is 19.1 Å². The molecule has 0 radical (unpaired) electrons. The van der Waals surface area contributed by atoms with Gasteiger partial charge in [-0.25, -0.2) is 15.2 Å². The number of H-pyrrole nitrogens is 1. The van der Waals surface area contributed by atoms with Gasteiger partial charge in [-0.15, -0.1) is 0 Å². The Bertz CT molecular complexity index is 1320. The molecule has 3 aromatic carbocycles. The summed E-state index contributed by atoms with van der Waals surface area (Å²) in [6, 6.07) is 19.9. The number of hydrazone groups is 1. The zero-order valence-electron chi connectivity index (χ0n) is 19.8. The van der Waals surface area contributed by atoms with Crippen molar-refractivity contribution in [1.82, 2.24) is 20.7 Å². The number of hydrogen-bond donors (Lipinski definition) is 3. The molecular formula is C27H27N5O4. The summed E-state index contributed by atoms with van der Waals surface area (Å²) in [5.74, 6) is 0.292. The molecule has 0 aliphatic carbocycles. The summed E-state index contributed by atoms with van der Waals surface area (Å²) in [5.41, 5.74) is 4.86. The van der Waals surface area contributed by atoms with Gasteiger partial charge >= 0.3 is 6.09 Å². The minimum Gasteiger partial charge on any atom is -0.493 e. The van der Waals surface area contributed by atoms with Crippen LogP contribution in [0, 0.1) is 0 Å². The first-order valence-corrected chi connectivity index (χ1v) is 11.6. The predicted molar refractivity (Wildman–Crippen MR) is 137 cm³/mol. The fourth-order valence-electron chi connectivity index (χ4n) is 3.66. The SMILES string of the molecule is CCOc1ccc(/C=N\NC(=O)[C@H](Cc2cnc[nH]2)NC(=O)OCc2ccccc2)c2ccccc12. The van der Waals surface area contributed by atoms with Gasteiger partial charge in [0.1, 0.15) is 18.4 Å². The van der Waals surface area contributed by atoms with Crippen LogP contribution in [0.4, 0.5) is 4.79 Å². The number of hydrogen-bond acceptors (Lipinski definition) is 6. The van der Waals surface area contributed by atoms with E-state index in [-0.39, 0.29) is 13.0 Å². The summed E-state index contributed by atoms with van der Waals surface area (Å²) in [7, 11) is 0. The van der Waals surface area contributed by atoms with E-state index in [1.54, 1.807) is 12.4 Å². The molecule has 4 aromatic rings. The average Bonchev–Trinajstić information content (AvgIpc) is 3.42. The van der Waals surface area contributed by atoms with Crippen molar-refractivity contribution >= 4 is 29.0 Å². The smallest absolute Gasteiger partial charge is 0.408 e. The number of imidazole rings is 1. The summed E-state index contributed by atoms with van der Waals surface area (Å²) in [5, 5.41) is 8.64. The van der Waals surface area contributed by atoms with E-state index in [2.05, 4.69) is 25.8 Å². The number of aromatic amines is 1. The number of ether oxygens (including phenoxy) is 2. The molecule has 36 heavy (non-hydrogen) atoms. The topological polar surface area (TPSA) is 118 Å². The molecular weight excluding hydrogens is 458 g/mol. The van der Waals surface area contributed by atoms with E-state index in [1.165, 1.54) is 6.33 Å². The molecule has 184 valence electrons. The van der Waals surface area contributed by atoms with E-state index in [9.17, 15) is 9.59 Å². The minimum atomic E-state index is -0.928. The van der Waals surface area contributed by atoms with Crippen molar-refractivity contribution in [2.24, 2.45) is 5.10 Å². The molecule has 1 heterocycles. The van der Waals surface area contributed by atoms with Gasteiger partial charge in [0.2, 0.25) is 0 Å². The Morgan fingerprint density at radius 2 is 1.83 bits per heavy atom. The Morgan fingerprint density at radius 1 is 1.06 bits per heavy atom. The van der Waals surface area contributed by atoms with Crippen molar-refractivity contribution in [2.45, 2.75) is 26.0 Å². The highest BCUT2D eigenvalue weighted by molar-refractivity contribution is 6.02. The molecule has 0 saturated carbocycles. The van der Waals surface area contributed by atoms with Crippen LogP contribution >= 0.6 is 0 Å². The van der Waals surface area contributed by atoms with Crippen LogP contribution in [0.25, 0.3) is 10.8 Å². The molecule has 1 atom stereocenters. The molecule has 3 N–H and O–H groups in total. The second-order valence-electron chi connectivity index (χ2n) is 7.91. The van der Waals surface area contributed by atoms with Gasteiger partial charge in [0, 0.05) is 29.3 Å². The molecule has 0 aliphatic rings. The van der Waals surface area contributed by atoms with Gasteiger partial charge in [-0.05, 0) is 30.0 Å². The highest BCUT2D eigenvalue weighted by Gasteiger charge is 2.22. The summed E-state index contributed by atoms with van der Waals surface area (Å²) in [4.78, 5) is 32.2. The molecule has 2 amide bonds. The number of carbonyl (C=O) groups is 2. The van der Waals surface area contributed by atoms with Crippen molar-refractivity contribution in [3.63, 3.8) is 0 Å². The van der Waals surface area contributed by atoms with Crippen molar-refractivity contribution in [3.8, 4) is 5.75 Å². The number of alkyl carbamates (subject to hydrolysis) is 1. The van der Waals surface area contributed by atoms with Crippen LogP contribution in [0.1, 0.15) is 23.7 Å². The lowest BCUT2D eigenvalue weighted by atomic mass is 10.0. The van der Waals surface area contributed by atoms with E-state index in [0.717, 1.165) is 27.6 Å². The van der Waals surface area contributed by atoms with E-state index in [4.69, 9.17) is 9.47 Å². The summed E-state index contributed by atoms with van der Waals surface area (Å²) < 4.78 is 11.0. The van der Waals surface area contributed by atoms with E-state index >= 15 is 0 Å². The van der Waals surface area contributed by atoms with Crippen molar-refractivity contribution in [2.75, 3.05) is 6.61 Å². The lowest BCUT2D eigenvalue weighted by Gasteiger charge is -2.16. The normalized spacial score (nSPS) is 11.8. The van der Waals surface area contributed by atoms with Crippen LogP contribution in [0.3, 0.4) is 0 Å². The van der Waals surface area contributed by atoms with Crippen molar-refractivity contribution in [3.05, 3.63) is 96.1 Å². The largest absolute Gasteiger partial charge is 0.493 e. The fourth-order valence-corrected chi connectivity index (χ4v) is 3.66. The highest BCUT2D eigenvalue weighted by atomic mass is 16.5. The van der Waals surface area contributed by atoms with Gasteiger partial charge in [0.15, 0.2) is 0 Å². The third kappa shape index (κ3) is 6.47. The van der Waals surface area contributed by atoms with Crippen molar-refractivity contribution in [1.29, 1.82) is 0 Å². The molecule has 0 aliphatic heterocycles. The van der Waals surface area contributed by atoms with E-state index in [0.29, 0.717) is 12.3 Å². The van der Waals surface area contributed by atoms with Gasteiger partial charge in [-0.2, -0.15) is 5.10 Å². The maximum Gasteiger partial charge on any atom is 0.408 e. The minimum absolute atomic E-state index is 0.0913. The standard InChI is InChI=1S/C27H27N5O4/c1-2-35-25-13-12-20(22-10-6-7-11-23(22)25)15-30-32-26(33)24(14-21-16-28-18-29-21)31-27(34)36-17-19-8-4-3-5-9-19/h3-13,15-16,18,24H,2,14,17H2,1H3,(H,28,29)(H,31,34)(H,32,33)/b30-15-/t24-/m0/s1. The maximum atomic E-state index is 12.9. The molecule has 0 bridgehead atoms. The number of aromatic nitrogens is 2. The summed E-state index contributed by atoms with van der Waals surface area (Å²) in [6.45, 7) is 2.59. The third-order valence-electron chi connectivity index (χ3n) is 5.40. The van der Waals surface area contributed by atoms with Crippen LogP contribution in [0.5, 0.6) is 5.75 Å². The number of fused-ring (bicyclic) bond motifs is 1. The highest BCUT2D eigenvalue weighted by Crippen LogP contribution is 2.27. The summed E-state index contributed by atoms with van der Waals surface area (Å²) in [6.07, 6.45) is 4.14. The first-order chi connectivity index (χ1) is 17.6. The van der Waals surface area contributed by atoms with Crippen LogP contribution in [-0.4, -0.2) is 40.8 Å². The van der Waals surface area contributed by atoms with Crippen LogP contribution < -0.4 is 15.5 Å². The molecule has 0 spiro atoms. The van der Waals surface area contributed by atoms with Gasteiger partial charge in [-0.3, -0.25) is 4.79 Å². The molecule has 9 nitrogen and oxygen atoms in total. The number of nitrogens with one attached hydrogen (secondary N) is 3. The summed E-state index contributed by atoms with van der Waals surface area (Å²) >= 11 is 0. The van der Waals surface area contributed by atoms with Gasteiger partial charge < -0.3 is 19.8 Å². The molecule has 4 rings (SSSR count). The molecule has 0 unspecified atom stereocenters. The average molecular weight is 486 g/mol. The zero-order chi connectivity index (χ0) is 25.2. The van der Waals surface area contributed by atoms with Crippen LogP contribution in [0.2, 0.25) is 0 Å². The van der Waals surface area contributed by atoms with E-state index in [1.807, 2.05) is 73.7 Å². The number of rotatable bonds is 10. The first kappa shape index (κ1) is 24.5. The Labute approximate surface area is 208 Å². The molecule has 1 aromatic heterocycles. The second-order valence-corrected chi connectivity index (χ2v) is 7.91. The lowest BCUT2D eigenvalue weighted by molar-refractivity contribution is -0.123. The fraction of sp³-hybridized carbons (Fsp3) is 0.185. The van der Waals surface area contributed by atoms with Crippen LogP contribution in [0.15, 0.2) is 84.4 Å². The monoisotopic (exact) mass is 485 g/mol. The Morgan fingerprint density at radius 3 is 2.58 bits per heavy atom. The Hall–Kier alpha value is -4.66. The lowest BCUT2D eigenvalue weighted by Crippen LogP contribution is -2.47. The quantitative estimate of drug-likeness (QED) is 0.232. The number of amides is 2. The molecule has 0 fully saturated rings. The number of nitrogens with zero attached hydrogens (tertiary/aromatic N) is 2. The zero-order valence-corrected chi connectivity index (χ0v) is 19.8. The number of benzene rings is 3. The second kappa shape index (κ2) is 12.2.